The van der Waals surface area contributed by atoms with E-state index in [9.17, 15) is 18.8 Å². The Balaban J connectivity index is 2.09. The van der Waals surface area contributed by atoms with E-state index in [1.165, 1.54) is 19.2 Å². The van der Waals surface area contributed by atoms with Crippen molar-refractivity contribution in [2.24, 2.45) is 0 Å². The van der Waals surface area contributed by atoms with Gasteiger partial charge in [-0.1, -0.05) is 6.07 Å². The van der Waals surface area contributed by atoms with Crippen molar-refractivity contribution in [1.82, 2.24) is 10.2 Å². The van der Waals surface area contributed by atoms with Gasteiger partial charge < -0.3 is 10.1 Å². The summed E-state index contributed by atoms with van der Waals surface area (Å²) in [5.41, 5.74) is -0.290. The molecule has 0 saturated heterocycles. The Morgan fingerprint density at radius 2 is 2.10 bits per heavy atom. The summed E-state index contributed by atoms with van der Waals surface area (Å²) in [5.74, 6) is -2.71. The lowest BCUT2D eigenvalue weighted by molar-refractivity contribution is -0.121. The molecule has 1 aromatic rings. The van der Waals surface area contributed by atoms with Crippen LogP contribution in [0.1, 0.15) is 20.7 Å². The van der Waals surface area contributed by atoms with E-state index in [1.807, 2.05) is 0 Å². The van der Waals surface area contributed by atoms with E-state index < -0.39 is 30.1 Å². The van der Waals surface area contributed by atoms with Gasteiger partial charge in [-0.2, -0.15) is 0 Å². The molecular weight excluding hydrogens is 267 g/mol. The standard InChI is InChI=1S/C13H13FN2O4/c1-20-6-5-15-10(17)7-16-12(18)8-3-2-4-9(14)11(8)13(16)19/h2-4H,5-7H2,1H3,(H,15,17). The molecule has 0 radical (unpaired) electrons. The van der Waals surface area contributed by atoms with Gasteiger partial charge in [0.05, 0.1) is 17.7 Å². The molecule has 1 aromatic carbocycles. The second-order valence-electron chi connectivity index (χ2n) is 4.20. The fourth-order valence-electron chi connectivity index (χ4n) is 1.93. The highest BCUT2D eigenvalue weighted by molar-refractivity contribution is 6.22. The van der Waals surface area contributed by atoms with Gasteiger partial charge >= 0.3 is 0 Å². The number of benzene rings is 1. The average molecular weight is 280 g/mol. The van der Waals surface area contributed by atoms with E-state index in [-0.39, 0.29) is 17.7 Å². The summed E-state index contributed by atoms with van der Waals surface area (Å²) in [6, 6.07) is 3.81. The number of imide groups is 1. The van der Waals surface area contributed by atoms with Gasteiger partial charge in [0, 0.05) is 13.7 Å². The predicted octanol–water partition coefficient (Wildman–Crippen LogP) is 0.184. The van der Waals surface area contributed by atoms with Gasteiger partial charge in [0.15, 0.2) is 0 Å². The summed E-state index contributed by atoms with van der Waals surface area (Å²) in [6.45, 7) is 0.158. The van der Waals surface area contributed by atoms with Crippen molar-refractivity contribution in [2.75, 3.05) is 26.8 Å². The van der Waals surface area contributed by atoms with E-state index in [2.05, 4.69) is 5.32 Å². The second-order valence-corrected chi connectivity index (χ2v) is 4.20. The molecule has 1 N–H and O–H groups in total. The lowest BCUT2D eigenvalue weighted by Crippen LogP contribution is -2.41. The summed E-state index contributed by atoms with van der Waals surface area (Å²) >= 11 is 0. The van der Waals surface area contributed by atoms with Crippen LogP contribution in [0, 0.1) is 5.82 Å². The minimum atomic E-state index is -0.787. The van der Waals surface area contributed by atoms with Crippen LogP contribution in [0.4, 0.5) is 4.39 Å². The number of fused-ring (bicyclic) bond motifs is 1. The maximum absolute atomic E-state index is 13.6. The zero-order chi connectivity index (χ0) is 14.7. The molecule has 2 rings (SSSR count). The van der Waals surface area contributed by atoms with Gasteiger partial charge in [-0.05, 0) is 12.1 Å². The highest BCUT2D eigenvalue weighted by atomic mass is 19.1. The first kappa shape index (κ1) is 14.1. The quantitative estimate of drug-likeness (QED) is 0.617. The number of hydrogen-bond donors (Lipinski definition) is 1. The van der Waals surface area contributed by atoms with Crippen molar-refractivity contribution in [3.63, 3.8) is 0 Å². The van der Waals surface area contributed by atoms with Gasteiger partial charge in [-0.3, -0.25) is 19.3 Å². The molecule has 6 nitrogen and oxygen atoms in total. The largest absolute Gasteiger partial charge is 0.383 e. The first-order valence-electron chi connectivity index (χ1n) is 5.96. The molecule has 0 aliphatic carbocycles. The third-order valence-corrected chi connectivity index (χ3v) is 2.88. The number of hydrogen-bond acceptors (Lipinski definition) is 4. The molecule has 7 heteroatoms. The van der Waals surface area contributed by atoms with Gasteiger partial charge in [0.1, 0.15) is 12.4 Å². The minimum Gasteiger partial charge on any atom is -0.383 e. The van der Waals surface area contributed by atoms with Crippen LogP contribution in [0.3, 0.4) is 0 Å². The lowest BCUT2D eigenvalue weighted by atomic mass is 10.1. The molecule has 0 bridgehead atoms. The monoisotopic (exact) mass is 280 g/mol. The first-order valence-corrected chi connectivity index (χ1v) is 5.96. The van der Waals surface area contributed by atoms with Gasteiger partial charge in [0.25, 0.3) is 11.8 Å². The zero-order valence-corrected chi connectivity index (χ0v) is 10.8. The average Bonchev–Trinajstić information content (AvgIpc) is 2.65. The molecule has 0 aromatic heterocycles. The highest BCUT2D eigenvalue weighted by Gasteiger charge is 2.38. The Labute approximate surface area is 114 Å². The Morgan fingerprint density at radius 3 is 2.75 bits per heavy atom. The fourth-order valence-corrected chi connectivity index (χ4v) is 1.93. The van der Waals surface area contributed by atoms with Crippen LogP contribution in [-0.2, 0) is 9.53 Å². The number of carbonyl (C=O) groups is 3. The van der Waals surface area contributed by atoms with Crippen molar-refractivity contribution >= 4 is 17.7 Å². The minimum absolute atomic E-state index is 0.0142. The van der Waals surface area contributed by atoms with Crippen LogP contribution >= 0.6 is 0 Å². The Morgan fingerprint density at radius 1 is 1.35 bits per heavy atom. The summed E-state index contributed by atoms with van der Waals surface area (Å²) in [6.07, 6.45) is 0. The third-order valence-electron chi connectivity index (χ3n) is 2.88. The van der Waals surface area contributed by atoms with Crippen LogP contribution in [0.25, 0.3) is 0 Å². The highest BCUT2D eigenvalue weighted by Crippen LogP contribution is 2.24. The molecule has 1 heterocycles. The van der Waals surface area contributed by atoms with Crippen LogP contribution in [0.5, 0.6) is 0 Å². The first-order chi connectivity index (χ1) is 9.56. The fraction of sp³-hybridized carbons (Fsp3) is 0.308. The number of ether oxygens (including phenoxy) is 1. The molecule has 106 valence electrons. The molecule has 0 unspecified atom stereocenters. The van der Waals surface area contributed by atoms with Crippen LogP contribution in [-0.4, -0.2) is 49.4 Å². The number of carbonyl (C=O) groups excluding carboxylic acids is 3. The summed E-state index contributed by atoms with van der Waals surface area (Å²) in [7, 11) is 1.49. The van der Waals surface area contributed by atoms with E-state index in [0.717, 1.165) is 11.0 Å². The Hall–Kier alpha value is -2.28. The predicted molar refractivity (Wildman–Crippen MR) is 66.7 cm³/mol. The molecule has 0 fully saturated rings. The van der Waals surface area contributed by atoms with E-state index >= 15 is 0 Å². The molecule has 0 atom stereocenters. The van der Waals surface area contributed by atoms with Crippen molar-refractivity contribution in [1.29, 1.82) is 0 Å². The topological polar surface area (TPSA) is 75.7 Å². The summed E-state index contributed by atoms with van der Waals surface area (Å²) in [5, 5.41) is 2.49. The van der Waals surface area contributed by atoms with E-state index in [4.69, 9.17) is 4.74 Å². The summed E-state index contributed by atoms with van der Waals surface area (Å²) in [4.78, 5) is 36.2. The number of methoxy groups -OCH3 is 1. The Kier molecular flexibility index (Phi) is 4.09. The number of nitrogens with zero attached hydrogens (tertiary/aromatic N) is 1. The molecule has 1 aliphatic rings. The maximum atomic E-state index is 13.6. The molecule has 1 aliphatic heterocycles. The van der Waals surface area contributed by atoms with Gasteiger partial charge in [0.2, 0.25) is 5.91 Å². The smallest absolute Gasteiger partial charge is 0.265 e. The number of amides is 3. The van der Waals surface area contributed by atoms with Crippen molar-refractivity contribution < 1.29 is 23.5 Å². The zero-order valence-electron chi connectivity index (χ0n) is 10.8. The number of halogens is 1. The van der Waals surface area contributed by atoms with Gasteiger partial charge in [-0.25, -0.2) is 4.39 Å². The van der Waals surface area contributed by atoms with Crippen molar-refractivity contribution in [3.05, 3.63) is 35.1 Å². The van der Waals surface area contributed by atoms with Crippen LogP contribution in [0.15, 0.2) is 18.2 Å². The summed E-state index contributed by atoms with van der Waals surface area (Å²) < 4.78 is 18.3. The van der Waals surface area contributed by atoms with Crippen molar-refractivity contribution in [2.45, 2.75) is 0 Å². The number of nitrogens with one attached hydrogen (secondary N) is 1. The Bertz CT molecular complexity index is 573. The molecular formula is C13H13FN2O4. The molecule has 3 amide bonds. The molecule has 0 saturated carbocycles. The van der Waals surface area contributed by atoms with E-state index in [1.54, 1.807) is 0 Å². The normalized spacial score (nSPS) is 13.6. The third kappa shape index (κ3) is 2.53. The SMILES string of the molecule is COCCNC(=O)CN1C(=O)c2cccc(F)c2C1=O. The van der Waals surface area contributed by atoms with E-state index in [0.29, 0.717) is 6.61 Å². The van der Waals surface area contributed by atoms with Gasteiger partial charge in [-0.15, -0.1) is 0 Å². The van der Waals surface area contributed by atoms with Crippen molar-refractivity contribution in [3.8, 4) is 0 Å². The lowest BCUT2D eigenvalue weighted by Gasteiger charge is -2.13. The molecule has 20 heavy (non-hydrogen) atoms. The van der Waals surface area contributed by atoms with Crippen LogP contribution < -0.4 is 5.32 Å². The molecule has 0 spiro atoms. The van der Waals surface area contributed by atoms with Crippen LogP contribution in [0.2, 0.25) is 0 Å². The second kappa shape index (κ2) is 5.79. The maximum Gasteiger partial charge on any atom is 0.265 e. The number of rotatable bonds is 5.